The molecule has 0 aliphatic carbocycles. The summed E-state index contributed by atoms with van der Waals surface area (Å²) in [6, 6.07) is 3.99. The molecule has 4 aromatic rings. The number of hydrogen-bond donors (Lipinski definition) is 0. The fourth-order valence-electron chi connectivity index (χ4n) is 2.11. The maximum Gasteiger partial charge on any atom is 0.0284 e. The molecule has 4 heterocycles. The van der Waals surface area contributed by atoms with Gasteiger partial charge in [0.1, 0.15) is 0 Å². The van der Waals surface area contributed by atoms with E-state index in [1.165, 1.54) is 0 Å². The molecule has 0 spiro atoms. The molecule has 4 aromatic heterocycles. The van der Waals surface area contributed by atoms with Crippen molar-refractivity contribution < 1.29 is 65.4 Å². The van der Waals surface area contributed by atoms with E-state index in [1.807, 2.05) is 54.7 Å². The fourth-order valence-corrected chi connectivity index (χ4v) is 2.11. The number of rotatable bonds is 0. The van der Waals surface area contributed by atoms with Gasteiger partial charge in [0.25, 0.3) is 0 Å². The fraction of sp³-hybridized carbons (Fsp3) is 0.200. The zero-order chi connectivity index (χ0) is 14.8. The Balaban J connectivity index is 0.000000212. The molecule has 4 rings (SSSR count). The molecule has 2 radical (unpaired) electrons. The Kier molecular flexibility index (Phi) is 8.08. The van der Waals surface area contributed by atoms with Crippen LogP contribution in [0.5, 0.6) is 0 Å². The summed E-state index contributed by atoms with van der Waals surface area (Å²) in [7, 11) is 3.91. The first kappa shape index (κ1) is 20.5. The quantitative estimate of drug-likeness (QED) is 0.379. The molecule has 0 aromatic carbocycles. The summed E-state index contributed by atoms with van der Waals surface area (Å²) in [4.78, 5) is 15.7. The standard InChI is InChI=1S/C8H8N3.C7H6N3.2Y/c1-6-7-3-4-11(2)8(7)10-5-9-6;1-10-3-2-6-4-8-5-9-7(6)10;;/h3-4H,1-2H3;2-4H,1H3;;/q2*-1;;. The van der Waals surface area contributed by atoms with Crippen molar-refractivity contribution in [1.82, 2.24) is 29.1 Å². The predicted molar refractivity (Wildman–Crippen MR) is 79.4 cm³/mol. The van der Waals surface area contributed by atoms with Crippen molar-refractivity contribution in [1.29, 1.82) is 0 Å². The van der Waals surface area contributed by atoms with Crippen LogP contribution in [0.4, 0.5) is 0 Å². The molecule has 0 amide bonds. The van der Waals surface area contributed by atoms with Gasteiger partial charge >= 0.3 is 0 Å². The largest absolute Gasteiger partial charge is 0.388 e. The van der Waals surface area contributed by atoms with Gasteiger partial charge in [-0.2, -0.15) is 0 Å². The Hall–Kier alpha value is -0.552. The van der Waals surface area contributed by atoms with Crippen molar-refractivity contribution in [3.05, 3.63) is 49.1 Å². The van der Waals surface area contributed by atoms with Crippen LogP contribution in [0.25, 0.3) is 22.1 Å². The molecular formula is C15H14N6Y2-2. The predicted octanol–water partition coefficient (Wildman–Crippen LogP) is 1.84. The summed E-state index contributed by atoms with van der Waals surface area (Å²) >= 11 is 0. The third kappa shape index (κ3) is 4.50. The second-order valence-electron chi connectivity index (χ2n) is 4.75. The van der Waals surface area contributed by atoms with E-state index < -0.39 is 0 Å². The van der Waals surface area contributed by atoms with Crippen LogP contribution >= 0.6 is 0 Å². The van der Waals surface area contributed by atoms with E-state index in [-0.39, 0.29) is 65.4 Å². The minimum Gasteiger partial charge on any atom is -0.388 e. The van der Waals surface area contributed by atoms with Gasteiger partial charge in [0.05, 0.1) is 0 Å². The molecule has 0 atom stereocenters. The average molecular weight is 456 g/mol. The van der Waals surface area contributed by atoms with Gasteiger partial charge < -0.3 is 29.1 Å². The van der Waals surface area contributed by atoms with E-state index in [0.717, 1.165) is 27.8 Å². The SMILES string of the molecule is Cc1n[c-]nc2c1ccn2C.Cn1ccc2cn[c-]nc21.[Y].[Y]. The maximum atomic E-state index is 4.03. The number of nitrogens with zero attached hydrogens (tertiary/aromatic N) is 6. The zero-order valence-electron chi connectivity index (χ0n) is 13.2. The van der Waals surface area contributed by atoms with Crippen molar-refractivity contribution in [2.24, 2.45) is 14.1 Å². The average Bonchev–Trinajstić information content (AvgIpc) is 3.06. The summed E-state index contributed by atoms with van der Waals surface area (Å²) in [6.07, 6.45) is 10.8. The minimum atomic E-state index is 0. The van der Waals surface area contributed by atoms with Crippen LogP contribution in [0, 0.1) is 19.6 Å². The molecule has 0 aliphatic rings. The normalized spacial score (nSPS) is 9.70. The van der Waals surface area contributed by atoms with Gasteiger partial charge in [0.2, 0.25) is 0 Å². The van der Waals surface area contributed by atoms with Gasteiger partial charge in [-0.05, 0) is 26.5 Å². The summed E-state index contributed by atoms with van der Waals surface area (Å²) in [5, 5.41) is 2.16. The van der Waals surface area contributed by atoms with Crippen LogP contribution in [0.15, 0.2) is 30.7 Å². The van der Waals surface area contributed by atoms with Crippen LogP contribution in [0.2, 0.25) is 0 Å². The zero-order valence-corrected chi connectivity index (χ0v) is 18.9. The molecule has 0 saturated heterocycles. The second kappa shape index (κ2) is 9.07. The van der Waals surface area contributed by atoms with Crippen LogP contribution in [-0.2, 0) is 79.5 Å². The van der Waals surface area contributed by atoms with Crippen LogP contribution < -0.4 is 0 Å². The third-order valence-corrected chi connectivity index (χ3v) is 3.29. The van der Waals surface area contributed by atoms with E-state index >= 15 is 0 Å². The molecule has 0 saturated carbocycles. The molecule has 6 nitrogen and oxygen atoms in total. The first-order valence-electron chi connectivity index (χ1n) is 6.46. The molecule has 8 heteroatoms. The molecule has 0 aliphatic heterocycles. The summed E-state index contributed by atoms with van der Waals surface area (Å²) in [5.41, 5.74) is 2.85. The Bertz CT molecular complexity index is 899. The number of fused-ring (bicyclic) bond motifs is 2. The number of hydrogen-bond acceptors (Lipinski definition) is 4. The molecular weight excluding hydrogens is 442 g/mol. The molecule has 0 bridgehead atoms. The van der Waals surface area contributed by atoms with Crippen molar-refractivity contribution >= 4 is 22.1 Å². The summed E-state index contributed by atoms with van der Waals surface area (Å²) < 4.78 is 3.90. The Morgan fingerprint density at radius 1 is 0.870 bits per heavy atom. The molecule has 23 heavy (non-hydrogen) atoms. The van der Waals surface area contributed by atoms with Gasteiger partial charge in [-0.1, -0.05) is 41.7 Å². The van der Waals surface area contributed by atoms with E-state index in [1.54, 1.807) is 6.20 Å². The van der Waals surface area contributed by atoms with E-state index in [2.05, 4.69) is 32.6 Å². The van der Waals surface area contributed by atoms with E-state index in [4.69, 9.17) is 0 Å². The van der Waals surface area contributed by atoms with Crippen molar-refractivity contribution in [2.45, 2.75) is 6.92 Å². The first-order chi connectivity index (χ1) is 10.2. The van der Waals surface area contributed by atoms with E-state index in [0.29, 0.717) is 0 Å². The van der Waals surface area contributed by atoms with Crippen LogP contribution in [0.1, 0.15) is 5.69 Å². The summed E-state index contributed by atoms with van der Waals surface area (Å²) in [5.74, 6) is 0. The first-order valence-corrected chi connectivity index (χ1v) is 6.46. The van der Waals surface area contributed by atoms with Gasteiger partial charge in [-0.15, -0.1) is 0 Å². The molecule has 0 unspecified atom stereocenters. The van der Waals surface area contributed by atoms with Crippen molar-refractivity contribution in [3.8, 4) is 0 Å². The summed E-state index contributed by atoms with van der Waals surface area (Å²) in [6.45, 7) is 1.96. The van der Waals surface area contributed by atoms with Gasteiger partial charge in [-0.25, -0.2) is 0 Å². The number of aromatic nitrogens is 6. The minimum absolute atomic E-state index is 0. The molecule has 112 valence electrons. The monoisotopic (exact) mass is 456 g/mol. The number of aryl methyl sites for hydroxylation is 3. The molecule has 0 N–H and O–H groups in total. The third-order valence-electron chi connectivity index (χ3n) is 3.29. The van der Waals surface area contributed by atoms with Gasteiger partial charge in [0, 0.05) is 89.4 Å². The Morgan fingerprint density at radius 2 is 1.52 bits per heavy atom. The van der Waals surface area contributed by atoms with Crippen LogP contribution in [0.3, 0.4) is 0 Å². The maximum absolute atomic E-state index is 4.03. The smallest absolute Gasteiger partial charge is 0.0284 e. The van der Waals surface area contributed by atoms with Crippen LogP contribution in [-0.4, -0.2) is 29.1 Å². The van der Waals surface area contributed by atoms with Gasteiger partial charge in [-0.3, -0.25) is 0 Å². The second-order valence-corrected chi connectivity index (χ2v) is 4.75. The van der Waals surface area contributed by atoms with Crippen molar-refractivity contribution in [3.63, 3.8) is 0 Å². The van der Waals surface area contributed by atoms with Gasteiger partial charge in [0.15, 0.2) is 0 Å². The Morgan fingerprint density at radius 3 is 2.22 bits per heavy atom. The van der Waals surface area contributed by atoms with Crippen molar-refractivity contribution in [2.75, 3.05) is 0 Å². The topological polar surface area (TPSA) is 61.4 Å². The molecule has 0 fully saturated rings. The van der Waals surface area contributed by atoms with E-state index in [9.17, 15) is 0 Å². The Labute approximate surface area is 184 Å².